The number of aromatic nitrogens is 2. The lowest BCUT2D eigenvalue weighted by Crippen LogP contribution is -2.19. The zero-order valence-electron chi connectivity index (χ0n) is 19.1. The molecule has 8 nitrogen and oxygen atoms in total. The molecular formula is C26H24N4O4. The number of nitrogens with zero attached hydrogens (tertiary/aromatic N) is 3. The number of aromatic amines is 1. The van der Waals surface area contributed by atoms with Gasteiger partial charge in [0.2, 0.25) is 0 Å². The van der Waals surface area contributed by atoms with Crippen LogP contribution in [-0.4, -0.2) is 27.5 Å². The minimum absolute atomic E-state index is 0.0489. The van der Waals surface area contributed by atoms with Crippen LogP contribution in [-0.2, 0) is 6.42 Å². The quantitative estimate of drug-likeness (QED) is 0.227. The minimum Gasteiger partial charge on any atom is -0.497 e. The fraction of sp³-hybridized carbons (Fsp3) is 0.154. The van der Waals surface area contributed by atoms with E-state index >= 15 is 0 Å². The van der Waals surface area contributed by atoms with E-state index in [-0.39, 0.29) is 11.2 Å². The van der Waals surface area contributed by atoms with Crippen LogP contribution in [0.15, 0.2) is 82.6 Å². The van der Waals surface area contributed by atoms with Gasteiger partial charge in [0.25, 0.3) is 11.2 Å². The molecule has 1 N–H and O–H groups in total. The van der Waals surface area contributed by atoms with Gasteiger partial charge in [-0.15, -0.1) is 0 Å². The van der Waals surface area contributed by atoms with Crippen LogP contribution in [0.2, 0.25) is 0 Å². The lowest BCUT2D eigenvalue weighted by atomic mass is 10.0. The van der Waals surface area contributed by atoms with E-state index < -0.39 is 4.92 Å². The molecule has 0 spiro atoms. The highest BCUT2D eigenvalue weighted by molar-refractivity contribution is 6.04. The summed E-state index contributed by atoms with van der Waals surface area (Å²) >= 11 is 0. The fourth-order valence-corrected chi connectivity index (χ4v) is 3.70. The second kappa shape index (κ2) is 9.58. The lowest BCUT2D eigenvalue weighted by molar-refractivity contribution is -0.384. The highest BCUT2D eigenvalue weighted by Crippen LogP contribution is 2.26. The average molecular weight is 457 g/mol. The van der Waals surface area contributed by atoms with Crippen molar-refractivity contribution >= 4 is 17.1 Å². The molecular weight excluding hydrogens is 432 g/mol. The zero-order chi connectivity index (χ0) is 24.2. The van der Waals surface area contributed by atoms with Crippen molar-refractivity contribution in [1.29, 1.82) is 0 Å². The van der Waals surface area contributed by atoms with Crippen LogP contribution in [0.3, 0.4) is 0 Å². The first-order valence-electron chi connectivity index (χ1n) is 10.8. The molecule has 4 rings (SSSR count). The van der Waals surface area contributed by atoms with Crippen LogP contribution in [0.1, 0.15) is 25.0 Å². The lowest BCUT2D eigenvalue weighted by Gasteiger charge is -2.05. The van der Waals surface area contributed by atoms with Gasteiger partial charge in [-0.3, -0.25) is 25.0 Å². The maximum atomic E-state index is 13.5. The van der Waals surface area contributed by atoms with Gasteiger partial charge in [-0.25, -0.2) is 4.68 Å². The monoisotopic (exact) mass is 456 g/mol. The standard InChI is InChI=1S/C26H24N4O4/c1-4-18-5-9-20(10-6-18)27-17(2)24-25(19-7-15-23(34-3)16-8-19)28-29(26(24)31)21-11-13-22(14-12-21)30(32)33/h5-16,28H,4H2,1-3H3. The summed E-state index contributed by atoms with van der Waals surface area (Å²) in [5.41, 5.74) is 4.44. The largest absolute Gasteiger partial charge is 0.497 e. The Labute approximate surface area is 196 Å². The van der Waals surface area contributed by atoms with E-state index in [4.69, 9.17) is 9.73 Å². The summed E-state index contributed by atoms with van der Waals surface area (Å²) in [7, 11) is 1.59. The van der Waals surface area contributed by atoms with E-state index in [1.807, 2.05) is 48.5 Å². The summed E-state index contributed by atoms with van der Waals surface area (Å²) in [4.78, 5) is 28.8. The number of aryl methyl sites for hydroxylation is 1. The van der Waals surface area contributed by atoms with Crippen molar-refractivity contribution in [2.45, 2.75) is 20.3 Å². The zero-order valence-corrected chi connectivity index (χ0v) is 19.1. The summed E-state index contributed by atoms with van der Waals surface area (Å²) < 4.78 is 6.63. The number of ether oxygens (including phenoxy) is 1. The highest BCUT2D eigenvalue weighted by Gasteiger charge is 2.20. The number of methoxy groups -OCH3 is 1. The molecule has 0 amide bonds. The number of rotatable bonds is 7. The molecule has 4 aromatic rings. The normalized spacial score (nSPS) is 11.4. The second-order valence-corrected chi connectivity index (χ2v) is 7.72. The molecule has 1 aromatic heterocycles. The van der Waals surface area contributed by atoms with E-state index in [0.29, 0.717) is 28.4 Å². The van der Waals surface area contributed by atoms with Crippen LogP contribution < -0.4 is 10.3 Å². The maximum absolute atomic E-state index is 13.5. The van der Waals surface area contributed by atoms with Crippen LogP contribution >= 0.6 is 0 Å². The Morgan fingerprint density at radius 3 is 2.24 bits per heavy atom. The van der Waals surface area contributed by atoms with Gasteiger partial charge in [0.15, 0.2) is 0 Å². The number of benzene rings is 3. The van der Waals surface area contributed by atoms with Gasteiger partial charge in [0, 0.05) is 17.7 Å². The molecule has 0 aliphatic heterocycles. The average Bonchev–Trinajstić information content (AvgIpc) is 3.21. The Kier molecular flexibility index (Phi) is 6.40. The number of nitro groups is 1. The molecule has 0 saturated heterocycles. The molecule has 0 aliphatic rings. The molecule has 1 heterocycles. The topological polar surface area (TPSA) is 103 Å². The van der Waals surface area contributed by atoms with Gasteiger partial charge in [0.05, 0.1) is 40.4 Å². The molecule has 0 fully saturated rings. The summed E-state index contributed by atoms with van der Waals surface area (Å²) in [6.45, 7) is 3.89. The highest BCUT2D eigenvalue weighted by atomic mass is 16.6. The smallest absolute Gasteiger partial charge is 0.280 e. The van der Waals surface area contributed by atoms with Crippen molar-refractivity contribution in [3.63, 3.8) is 0 Å². The molecule has 0 atom stereocenters. The summed E-state index contributed by atoms with van der Waals surface area (Å²) in [6, 6.07) is 21.0. The molecule has 0 aliphatic carbocycles. The third-order valence-electron chi connectivity index (χ3n) is 5.59. The Balaban J connectivity index is 1.86. The van der Waals surface area contributed by atoms with Crippen LogP contribution in [0.5, 0.6) is 5.75 Å². The molecule has 0 bridgehead atoms. The maximum Gasteiger partial charge on any atom is 0.280 e. The third-order valence-corrected chi connectivity index (χ3v) is 5.59. The van der Waals surface area contributed by atoms with E-state index in [0.717, 1.165) is 17.7 Å². The Morgan fingerprint density at radius 1 is 1.03 bits per heavy atom. The first kappa shape index (κ1) is 22.7. The number of H-pyrrole nitrogens is 1. The number of aliphatic imine (C=N–C) groups is 1. The van der Waals surface area contributed by atoms with Crippen molar-refractivity contribution in [3.05, 3.63) is 104 Å². The van der Waals surface area contributed by atoms with Gasteiger partial charge >= 0.3 is 0 Å². The molecule has 172 valence electrons. The van der Waals surface area contributed by atoms with E-state index in [1.54, 1.807) is 14.0 Å². The van der Waals surface area contributed by atoms with Crippen molar-refractivity contribution in [2.24, 2.45) is 4.99 Å². The molecule has 34 heavy (non-hydrogen) atoms. The molecule has 0 saturated carbocycles. The first-order valence-corrected chi connectivity index (χ1v) is 10.8. The van der Waals surface area contributed by atoms with Crippen LogP contribution in [0.25, 0.3) is 16.9 Å². The van der Waals surface area contributed by atoms with Crippen LogP contribution in [0, 0.1) is 10.1 Å². The van der Waals surface area contributed by atoms with Crippen molar-refractivity contribution < 1.29 is 9.66 Å². The Bertz CT molecular complexity index is 1400. The number of hydrogen-bond acceptors (Lipinski definition) is 5. The van der Waals surface area contributed by atoms with Crippen molar-refractivity contribution in [3.8, 4) is 22.7 Å². The first-order chi connectivity index (χ1) is 16.4. The van der Waals surface area contributed by atoms with E-state index in [2.05, 4.69) is 12.0 Å². The predicted octanol–water partition coefficient (Wildman–Crippen LogP) is 5.45. The summed E-state index contributed by atoms with van der Waals surface area (Å²) in [5.74, 6) is 0.698. The molecule has 0 unspecified atom stereocenters. The van der Waals surface area contributed by atoms with E-state index in [1.165, 1.54) is 34.5 Å². The SMILES string of the molecule is CCc1ccc(N=C(C)c2c(-c3ccc(OC)cc3)[nH]n(-c3ccc([N+](=O)[O-])cc3)c2=O)cc1. The molecule has 3 aromatic carbocycles. The third kappa shape index (κ3) is 4.52. The number of non-ortho nitro benzene ring substituents is 1. The Hall–Kier alpha value is -4.46. The molecule has 0 radical (unpaired) electrons. The van der Waals surface area contributed by atoms with Gasteiger partial charge < -0.3 is 4.74 Å². The molecule has 8 heteroatoms. The summed E-state index contributed by atoms with van der Waals surface area (Å²) in [6.07, 6.45) is 0.933. The fourth-order valence-electron chi connectivity index (χ4n) is 3.70. The van der Waals surface area contributed by atoms with Gasteiger partial charge in [-0.1, -0.05) is 19.1 Å². The van der Waals surface area contributed by atoms with Crippen LogP contribution in [0.4, 0.5) is 11.4 Å². The number of nitrogens with one attached hydrogen (secondary N) is 1. The van der Waals surface area contributed by atoms with Crippen molar-refractivity contribution in [2.75, 3.05) is 7.11 Å². The van der Waals surface area contributed by atoms with Crippen molar-refractivity contribution in [1.82, 2.24) is 9.78 Å². The number of nitro benzene ring substituents is 1. The number of hydrogen-bond donors (Lipinski definition) is 1. The Morgan fingerprint density at radius 2 is 1.68 bits per heavy atom. The summed E-state index contributed by atoms with van der Waals surface area (Å²) in [5, 5.41) is 14.2. The predicted molar refractivity (Wildman–Crippen MR) is 133 cm³/mol. The van der Waals surface area contributed by atoms with E-state index in [9.17, 15) is 14.9 Å². The van der Waals surface area contributed by atoms with Gasteiger partial charge in [-0.2, -0.15) is 0 Å². The van der Waals surface area contributed by atoms with Gasteiger partial charge in [0.1, 0.15) is 5.75 Å². The van der Waals surface area contributed by atoms with Gasteiger partial charge in [-0.05, 0) is 67.4 Å². The second-order valence-electron chi connectivity index (χ2n) is 7.72. The minimum atomic E-state index is -0.476.